The van der Waals surface area contributed by atoms with E-state index in [1.165, 1.54) is 12.6 Å². The van der Waals surface area contributed by atoms with Crippen LogP contribution >= 0.6 is 0 Å². The Morgan fingerprint density at radius 2 is 2.10 bits per heavy atom. The van der Waals surface area contributed by atoms with E-state index in [2.05, 4.69) is 28.7 Å². The number of aromatic amines is 1. The van der Waals surface area contributed by atoms with Gasteiger partial charge in [0.2, 0.25) is 5.95 Å². The van der Waals surface area contributed by atoms with E-state index in [1.807, 2.05) is 0 Å². The number of anilines is 1. The van der Waals surface area contributed by atoms with Gasteiger partial charge in [-0.25, -0.2) is 9.78 Å². The van der Waals surface area contributed by atoms with Crippen molar-refractivity contribution in [2.45, 2.75) is 27.2 Å². The normalized spacial score (nSPS) is 22.6. The molecule has 1 N–H and O–H groups in total. The Hall–Kier alpha value is -1.85. The maximum Gasteiger partial charge on any atom is 0.345 e. The molecule has 0 aliphatic carbocycles. The Morgan fingerprint density at radius 3 is 2.65 bits per heavy atom. The molecule has 1 fully saturated rings. The van der Waals surface area contributed by atoms with E-state index in [1.54, 1.807) is 6.92 Å². The Morgan fingerprint density at radius 1 is 1.45 bits per heavy atom. The van der Waals surface area contributed by atoms with Gasteiger partial charge in [-0.1, -0.05) is 13.8 Å². The summed E-state index contributed by atoms with van der Waals surface area (Å²) in [6.45, 7) is 8.05. The number of hydrogen-bond donors (Lipinski definition) is 1. The van der Waals surface area contributed by atoms with Gasteiger partial charge < -0.3 is 9.64 Å². The lowest BCUT2D eigenvalue weighted by Crippen LogP contribution is -2.40. The number of H-pyrrole nitrogens is 1. The molecular formula is C14H21N3O3. The lowest BCUT2D eigenvalue weighted by molar-refractivity contribution is 0.0523. The molecule has 1 aliphatic rings. The van der Waals surface area contributed by atoms with Gasteiger partial charge in [0.1, 0.15) is 5.56 Å². The predicted octanol–water partition coefficient (Wildman–Crippen LogP) is 1.43. The van der Waals surface area contributed by atoms with Crippen LogP contribution in [-0.2, 0) is 4.74 Å². The molecule has 0 saturated carbocycles. The second-order valence-electron chi connectivity index (χ2n) is 5.52. The van der Waals surface area contributed by atoms with E-state index in [-0.39, 0.29) is 12.2 Å². The average molecular weight is 279 g/mol. The molecule has 6 heteroatoms. The first kappa shape index (κ1) is 14.6. The Bertz CT molecular complexity index is 531. The maximum absolute atomic E-state index is 11.9. The predicted molar refractivity (Wildman–Crippen MR) is 76.0 cm³/mol. The fourth-order valence-corrected chi connectivity index (χ4v) is 2.74. The molecule has 2 atom stereocenters. The third-order valence-electron chi connectivity index (χ3n) is 3.45. The van der Waals surface area contributed by atoms with Gasteiger partial charge in [-0.05, 0) is 25.2 Å². The minimum atomic E-state index is -0.631. The number of piperidine rings is 1. The first-order valence-corrected chi connectivity index (χ1v) is 7.02. The van der Waals surface area contributed by atoms with Gasteiger partial charge in [0.25, 0.3) is 5.56 Å². The molecule has 2 rings (SSSR count). The summed E-state index contributed by atoms with van der Waals surface area (Å²) in [6.07, 6.45) is 2.48. The van der Waals surface area contributed by atoms with Crippen LogP contribution in [-0.4, -0.2) is 35.6 Å². The molecule has 1 aliphatic heterocycles. The number of carbonyl (C=O) groups excluding carboxylic acids is 1. The minimum Gasteiger partial charge on any atom is -0.462 e. The summed E-state index contributed by atoms with van der Waals surface area (Å²) < 4.78 is 4.82. The van der Waals surface area contributed by atoms with Gasteiger partial charge in [0.15, 0.2) is 0 Å². The van der Waals surface area contributed by atoms with Crippen LogP contribution in [0.2, 0.25) is 0 Å². The maximum atomic E-state index is 11.9. The first-order valence-electron chi connectivity index (χ1n) is 7.02. The Balaban J connectivity index is 2.20. The summed E-state index contributed by atoms with van der Waals surface area (Å²) in [4.78, 5) is 32.5. The third kappa shape index (κ3) is 3.18. The number of ether oxygens (including phenoxy) is 1. The quantitative estimate of drug-likeness (QED) is 0.847. The van der Waals surface area contributed by atoms with E-state index in [4.69, 9.17) is 4.74 Å². The molecule has 1 saturated heterocycles. The van der Waals surface area contributed by atoms with Crippen molar-refractivity contribution in [3.63, 3.8) is 0 Å². The highest BCUT2D eigenvalue weighted by Gasteiger charge is 2.24. The van der Waals surface area contributed by atoms with E-state index >= 15 is 0 Å². The molecule has 0 bridgehead atoms. The summed E-state index contributed by atoms with van der Waals surface area (Å²) in [5.74, 6) is 1.03. The van der Waals surface area contributed by atoms with Crippen LogP contribution in [0.5, 0.6) is 0 Å². The zero-order chi connectivity index (χ0) is 14.7. The van der Waals surface area contributed by atoms with Crippen LogP contribution in [0.25, 0.3) is 0 Å². The largest absolute Gasteiger partial charge is 0.462 e. The summed E-state index contributed by atoms with van der Waals surface area (Å²) in [7, 11) is 0. The second-order valence-corrected chi connectivity index (χ2v) is 5.52. The topological polar surface area (TPSA) is 75.3 Å². The Kier molecular flexibility index (Phi) is 4.42. The lowest BCUT2D eigenvalue weighted by Gasteiger charge is -2.35. The van der Waals surface area contributed by atoms with Crippen LogP contribution in [0.3, 0.4) is 0 Å². The third-order valence-corrected chi connectivity index (χ3v) is 3.45. The SMILES string of the molecule is CCOC(=O)c1cnc(N2CC(C)CC(C)C2)[nH]c1=O. The van der Waals surface area contributed by atoms with Gasteiger partial charge in [-0.3, -0.25) is 9.78 Å². The molecule has 1 aromatic rings. The van der Waals surface area contributed by atoms with Crippen molar-refractivity contribution in [1.82, 2.24) is 9.97 Å². The first-order chi connectivity index (χ1) is 9.51. The van der Waals surface area contributed by atoms with Crippen molar-refractivity contribution >= 4 is 11.9 Å². The fraction of sp³-hybridized carbons (Fsp3) is 0.643. The molecule has 20 heavy (non-hydrogen) atoms. The molecule has 110 valence electrons. The van der Waals surface area contributed by atoms with Gasteiger partial charge in [-0.2, -0.15) is 0 Å². The molecule has 0 spiro atoms. The van der Waals surface area contributed by atoms with Crippen LogP contribution in [0.15, 0.2) is 11.0 Å². The molecule has 2 unspecified atom stereocenters. The number of carbonyl (C=O) groups is 1. The highest BCUT2D eigenvalue weighted by Crippen LogP contribution is 2.23. The average Bonchev–Trinajstić information content (AvgIpc) is 2.37. The second kappa shape index (κ2) is 6.07. The van der Waals surface area contributed by atoms with Crippen LogP contribution in [0.4, 0.5) is 5.95 Å². The number of nitrogens with zero attached hydrogens (tertiary/aromatic N) is 2. The van der Waals surface area contributed by atoms with Crippen LogP contribution in [0, 0.1) is 11.8 Å². The summed E-state index contributed by atoms with van der Waals surface area (Å²) in [6, 6.07) is 0. The Labute approximate surface area is 118 Å². The standard InChI is InChI=1S/C14H21N3O3/c1-4-20-13(19)11-6-15-14(16-12(11)18)17-7-9(2)5-10(3)8-17/h6,9-10H,4-5,7-8H2,1-3H3,(H,15,16,18). The lowest BCUT2D eigenvalue weighted by atomic mass is 9.92. The minimum absolute atomic E-state index is 0.0475. The summed E-state index contributed by atoms with van der Waals surface area (Å²) >= 11 is 0. The van der Waals surface area contributed by atoms with Crippen molar-refractivity contribution in [3.8, 4) is 0 Å². The number of aromatic nitrogens is 2. The molecule has 1 aromatic heterocycles. The highest BCUT2D eigenvalue weighted by atomic mass is 16.5. The van der Waals surface area contributed by atoms with Gasteiger partial charge in [0.05, 0.1) is 12.8 Å². The van der Waals surface area contributed by atoms with E-state index in [0.717, 1.165) is 13.1 Å². The zero-order valence-corrected chi connectivity index (χ0v) is 12.2. The van der Waals surface area contributed by atoms with E-state index in [9.17, 15) is 9.59 Å². The fourth-order valence-electron chi connectivity index (χ4n) is 2.74. The highest BCUT2D eigenvalue weighted by molar-refractivity contribution is 5.88. The number of rotatable bonds is 3. The molecular weight excluding hydrogens is 258 g/mol. The van der Waals surface area contributed by atoms with Crippen molar-refractivity contribution < 1.29 is 9.53 Å². The van der Waals surface area contributed by atoms with Gasteiger partial charge >= 0.3 is 5.97 Å². The van der Waals surface area contributed by atoms with Crippen LogP contribution < -0.4 is 10.5 Å². The van der Waals surface area contributed by atoms with E-state index < -0.39 is 11.5 Å². The van der Waals surface area contributed by atoms with Crippen LogP contribution in [0.1, 0.15) is 37.6 Å². The molecule has 6 nitrogen and oxygen atoms in total. The molecule has 0 radical (unpaired) electrons. The molecule has 2 heterocycles. The number of nitrogens with one attached hydrogen (secondary N) is 1. The number of hydrogen-bond acceptors (Lipinski definition) is 5. The van der Waals surface area contributed by atoms with Gasteiger partial charge in [0, 0.05) is 13.1 Å². The molecule has 0 amide bonds. The smallest absolute Gasteiger partial charge is 0.345 e. The summed E-state index contributed by atoms with van der Waals surface area (Å²) in [5, 5.41) is 0. The van der Waals surface area contributed by atoms with Gasteiger partial charge in [-0.15, -0.1) is 0 Å². The molecule has 0 aromatic carbocycles. The number of esters is 1. The van der Waals surface area contributed by atoms with Crippen molar-refractivity contribution in [3.05, 3.63) is 22.1 Å². The zero-order valence-electron chi connectivity index (χ0n) is 12.2. The van der Waals surface area contributed by atoms with Crippen molar-refractivity contribution in [2.75, 3.05) is 24.6 Å². The monoisotopic (exact) mass is 279 g/mol. The van der Waals surface area contributed by atoms with Crippen molar-refractivity contribution in [2.24, 2.45) is 11.8 Å². The summed E-state index contributed by atoms with van der Waals surface area (Å²) in [5.41, 5.74) is -0.493. The van der Waals surface area contributed by atoms with Crippen molar-refractivity contribution in [1.29, 1.82) is 0 Å². The van der Waals surface area contributed by atoms with E-state index in [0.29, 0.717) is 17.8 Å².